The Morgan fingerprint density at radius 3 is 2.71 bits per heavy atom. The van der Waals surface area contributed by atoms with Crippen LogP contribution < -0.4 is 10.7 Å². The van der Waals surface area contributed by atoms with Crippen molar-refractivity contribution in [3.63, 3.8) is 0 Å². The van der Waals surface area contributed by atoms with Gasteiger partial charge in [0, 0.05) is 6.42 Å². The van der Waals surface area contributed by atoms with E-state index in [9.17, 15) is 18.0 Å². The molecule has 2 heterocycles. The number of hydrogen-bond acceptors (Lipinski definition) is 5. The molecule has 1 atom stereocenters. The number of nitrogens with zero attached hydrogens (tertiary/aromatic N) is 3. The molecule has 2 rings (SSSR count). The lowest BCUT2D eigenvalue weighted by Crippen LogP contribution is -2.48. The Bertz CT molecular complexity index is 632. The molecule has 110 valence electrons. The standard InChI is InChI=1S/C12H10F3N5O/c1-11(4-9(19-20-11)12(13,14)15)10(21)18-8-3-2-7(5-16)17-6-8/h2-3,6,20H,4H2,1H3,(H,18,21). The van der Waals surface area contributed by atoms with Crippen molar-refractivity contribution in [1.29, 1.82) is 5.26 Å². The third-order valence-electron chi connectivity index (χ3n) is 2.92. The van der Waals surface area contributed by atoms with Crippen LogP contribution in [-0.4, -0.2) is 28.3 Å². The summed E-state index contributed by atoms with van der Waals surface area (Å²) in [7, 11) is 0. The molecule has 1 aromatic heterocycles. The van der Waals surface area contributed by atoms with Crippen LogP contribution in [0.5, 0.6) is 0 Å². The van der Waals surface area contributed by atoms with Crippen LogP contribution in [0.4, 0.5) is 18.9 Å². The SMILES string of the molecule is CC1(C(=O)Nc2ccc(C#N)nc2)CC(C(F)(F)F)=NN1. The first kappa shape index (κ1) is 14.8. The fourth-order valence-corrected chi connectivity index (χ4v) is 1.70. The number of hydrazone groups is 1. The minimum Gasteiger partial charge on any atom is -0.323 e. The summed E-state index contributed by atoms with van der Waals surface area (Å²) in [6.45, 7) is 1.32. The van der Waals surface area contributed by atoms with E-state index in [0.29, 0.717) is 0 Å². The number of nitrogens with one attached hydrogen (secondary N) is 2. The van der Waals surface area contributed by atoms with E-state index in [2.05, 4.69) is 20.8 Å². The van der Waals surface area contributed by atoms with Crippen LogP contribution in [0.1, 0.15) is 19.0 Å². The van der Waals surface area contributed by atoms with Gasteiger partial charge in [-0.25, -0.2) is 4.98 Å². The highest BCUT2D eigenvalue weighted by Crippen LogP contribution is 2.28. The molecule has 1 aliphatic heterocycles. The average molecular weight is 297 g/mol. The van der Waals surface area contributed by atoms with Crippen molar-refractivity contribution in [3.8, 4) is 6.07 Å². The maximum atomic E-state index is 12.5. The number of halogens is 3. The van der Waals surface area contributed by atoms with Gasteiger partial charge in [-0.3, -0.25) is 10.2 Å². The Morgan fingerprint density at radius 2 is 2.24 bits per heavy atom. The van der Waals surface area contributed by atoms with Crippen LogP contribution in [0.2, 0.25) is 0 Å². The summed E-state index contributed by atoms with van der Waals surface area (Å²) < 4.78 is 37.6. The summed E-state index contributed by atoms with van der Waals surface area (Å²) in [6, 6.07) is 4.64. The molecule has 2 N–H and O–H groups in total. The van der Waals surface area contributed by atoms with Gasteiger partial charge in [-0.1, -0.05) is 0 Å². The van der Waals surface area contributed by atoms with Gasteiger partial charge in [0.05, 0.1) is 11.9 Å². The molecule has 9 heteroatoms. The first-order valence-electron chi connectivity index (χ1n) is 5.83. The summed E-state index contributed by atoms with van der Waals surface area (Å²) in [5.74, 6) is -0.669. The van der Waals surface area contributed by atoms with E-state index < -0.39 is 29.8 Å². The van der Waals surface area contributed by atoms with Crippen molar-refractivity contribution in [1.82, 2.24) is 10.4 Å². The Labute approximate surface area is 117 Å². The van der Waals surface area contributed by atoms with E-state index in [0.717, 1.165) is 0 Å². The number of carbonyl (C=O) groups excluding carboxylic acids is 1. The van der Waals surface area contributed by atoms with Crippen LogP contribution in [-0.2, 0) is 4.79 Å². The smallest absolute Gasteiger partial charge is 0.323 e. The highest BCUT2D eigenvalue weighted by Gasteiger charge is 2.48. The number of rotatable bonds is 2. The van der Waals surface area contributed by atoms with E-state index in [1.54, 1.807) is 0 Å². The summed E-state index contributed by atoms with van der Waals surface area (Å²) in [5.41, 5.74) is 0.146. The number of carbonyl (C=O) groups is 1. The lowest BCUT2D eigenvalue weighted by molar-refractivity contribution is -0.121. The van der Waals surface area contributed by atoms with Gasteiger partial charge >= 0.3 is 6.18 Å². The van der Waals surface area contributed by atoms with Crippen LogP contribution in [0, 0.1) is 11.3 Å². The predicted octanol–water partition coefficient (Wildman–Crippen LogP) is 1.56. The molecule has 0 saturated heterocycles. The maximum absolute atomic E-state index is 12.5. The molecule has 0 fully saturated rings. The van der Waals surface area contributed by atoms with E-state index >= 15 is 0 Å². The Morgan fingerprint density at radius 1 is 1.52 bits per heavy atom. The molecule has 1 amide bonds. The summed E-state index contributed by atoms with van der Waals surface area (Å²) >= 11 is 0. The molecule has 1 aliphatic rings. The molecular formula is C12H10F3N5O. The highest BCUT2D eigenvalue weighted by molar-refractivity contribution is 6.04. The second-order valence-corrected chi connectivity index (χ2v) is 4.67. The summed E-state index contributed by atoms with van der Waals surface area (Å²) in [4.78, 5) is 15.8. The lowest BCUT2D eigenvalue weighted by Gasteiger charge is -2.22. The Kier molecular flexibility index (Phi) is 3.55. The zero-order chi connectivity index (χ0) is 15.7. The molecule has 21 heavy (non-hydrogen) atoms. The molecule has 0 aliphatic carbocycles. The number of amides is 1. The predicted molar refractivity (Wildman–Crippen MR) is 67.2 cm³/mol. The third-order valence-corrected chi connectivity index (χ3v) is 2.92. The second kappa shape index (κ2) is 5.05. The second-order valence-electron chi connectivity index (χ2n) is 4.67. The monoisotopic (exact) mass is 297 g/mol. The highest BCUT2D eigenvalue weighted by atomic mass is 19.4. The van der Waals surface area contributed by atoms with E-state index in [-0.39, 0.29) is 11.4 Å². The first-order chi connectivity index (χ1) is 9.74. The van der Waals surface area contributed by atoms with E-state index in [1.807, 2.05) is 6.07 Å². The molecule has 1 aromatic rings. The molecule has 0 saturated carbocycles. The molecule has 6 nitrogen and oxygen atoms in total. The fourth-order valence-electron chi connectivity index (χ4n) is 1.70. The zero-order valence-electron chi connectivity index (χ0n) is 10.8. The third kappa shape index (κ3) is 3.10. The number of pyridine rings is 1. The number of nitriles is 1. The number of aromatic nitrogens is 1. The molecule has 0 aromatic carbocycles. The van der Waals surface area contributed by atoms with Gasteiger partial charge in [-0.05, 0) is 19.1 Å². The van der Waals surface area contributed by atoms with Crippen LogP contribution in [0.25, 0.3) is 0 Å². The van der Waals surface area contributed by atoms with Gasteiger partial charge in [0.1, 0.15) is 23.0 Å². The van der Waals surface area contributed by atoms with Crippen molar-refractivity contribution < 1.29 is 18.0 Å². The van der Waals surface area contributed by atoms with Crippen LogP contribution in [0.3, 0.4) is 0 Å². The van der Waals surface area contributed by atoms with Gasteiger partial charge in [0.15, 0.2) is 0 Å². The largest absolute Gasteiger partial charge is 0.431 e. The quantitative estimate of drug-likeness (QED) is 0.866. The van der Waals surface area contributed by atoms with Crippen molar-refractivity contribution in [3.05, 3.63) is 24.0 Å². The molecule has 1 unspecified atom stereocenters. The number of anilines is 1. The van der Waals surface area contributed by atoms with E-state index in [1.165, 1.54) is 25.3 Å². The van der Waals surface area contributed by atoms with Crippen LogP contribution >= 0.6 is 0 Å². The maximum Gasteiger partial charge on any atom is 0.431 e. The normalized spacial score (nSPS) is 21.2. The number of alkyl halides is 3. The van der Waals surface area contributed by atoms with Crippen molar-refractivity contribution >= 4 is 17.3 Å². The average Bonchev–Trinajstić information content (AvgIpc) is 2.84. The van der Waals surface area contributed by atoms with Crippen molar-refractivity contribution in [2.45, 2.75) is 25.1 Å². The molecule has 0 spiro atoms. The first-order valence-corrected chi connectivity index (χ1v) is 5.83. The number of hydrogen-bond donors (Lipinski definition) is 2. The molecule has 0 radical (unpaired) electrons. The minimum atomic E-state index is -4.57. The van der Waals surface area contributed by atoms with Crippen molar-refractivity contribution in [2.75, 3.05) is 5.32 Å². The topological polar surface area (TPSA) is 90.2 Å². The van der Waals surface area contributed by atoms with Crippen LogP contribution in [0.15, 0.2) is 23.4 Å². The fraction of sp³-hybridized carbons (Fsp3) is 0.333. The van der Waals surface area contributed by atoms with Gasteiger partial charge in [0.2, 0.25) is 0 Å². The van der Waals surface area contributed by atoms with Gasteiger partial charge in [0.25, 0.3) is 5.91 Å². The molecular weight excluding hydrogens is 287 g/mol. The zero-order valence-corrected chi connectivity index (χ0v) is 10.8. The van der Waals surface area contributed by atoms with Gasteiger partial charge in [-0.15, -0.1) is 0 Å². The molecule has 0 bridgehead atoms. The lowest BCUT2D eigenvalue weighted by atomic mass is 9.95. The van der Waals surface area contributed by atoms with E-state index in [4.69, 9.17) is 5.26 Å². The van der Waals surface area contributed by atoms with Crippen molar-refractivity contribution in [2.24, 2.45) is 5.10 Å². The minimum absolute atomic E-state index is 0.167. The summed E-state index contributed by atoms with van der Waals surface area (Å²) in [5, 5.41) is 14.2. The summed E-state index contributed by atoms with van der Waals surface area (Å²) in [6.07, 6.45) is -3.88. The van der Waals surface area contributed by atoms with Gasteiger partial charge in [-0.2, -0.15) is 23.5 Å². The van der Waals surface area contributed by atoms with Gasteiger partial charge < -0.3 is 5.32 Å². The Balaban J connectivity index is 2.06. The Hall–Kier alpha value is -2.63.